The normalized spacial score (nSPS) is 10.0. The minimum Gasteiger partial charge on any atom is -0.481 e. The number of amides is 2. The van der Waals surface area contributed by atoms with E-state index in [0.717, 1.165) is 19.4 Å². The van der Waals surface area contributed by atoms with Crippen molar-refractivity contribution in [3.63, 3.8) is 0 Å². The van der Waals surface area contributed by atoms with Crippen molar-refractivity contribution in [1.82, 2.24) is 20.2 Å². The maximum absolute atomic E-state index is 11.2. The number of carbonyl (C=O) groups excluding carboxylic acids is 1. The van der Waals surface area contributed by atoms with Gasteiger partial charge in [-0.2, -0.15) is 0 Å². The van der Waals surface area contributed by atoms with E-state index in [1.807, 2.05) is 10.8 Å². The van der Waals surface area contributed by atoms with Gasteiger partial charge in [-0.3, -0.25) is 4.79 Å². The second-order valence-electron chi connectivity index (χ2n) is 3.83. The molecule has 0 aliphatic rings. The predicted molar refractivity (Wildman–Crippen MR) is 65.1 cm³/mol. The summed E-state index contributed by atoms with van der Waals surface area (Å²) in [5.74, 6) is -0.921. The van der Waals surface area contributed by atoms with Crippen molar-refractivity contribution in [1.29, 1.82) is 0 Å². The third-order valence-corrected chi connectivity index (χ3v) is 2.31. The number of carboxylic acid groups (broad SMARTS) is 1. The minimum atomic E-state index is -0.921. The summed E-state index contributed by atoms with van der Waals surface area (Å²) >= 11 is 0. The molecule has 1 rings (SSSR count). The molecule has 0 spiro atoms. The summed E-state index contributed by atoms with van der Waals surface area (Å²) in [6.07, 6.45) is 7.14. The number of hydrogen-bond acceptors (Lipinski definition) is 3. The van der Waals surface area contributed by atoms with Gasteiger partial charge in [0.2, 0.25) is 0 Å². The van der Waals surface area contributed by atoms with E-state index in [1.165, 1.54) is 0 Å². The van der Waals surface area contributed by atoms with Crippen molar-refractivity contribution >= 4 is 12.0 Å². The fraction of sp³-hybridized carbons (Fsp3) is 0.545. The van der Waals surface area contributed by atoms with Crippen LogP contribution in [0.1, 0.15) is 19.3 Å². The van der Waals surface area contributed by atoms with E-state index >= 15 is 0 Å². The summed E-state index contributed by atoms with van der Waals surface area (Å²) in [6, 6.07) is -0.320. The lowest BCUT2D eigenvalue weighted by atomic mass is 10.3. The summed E-state index contributed by atoms with van der Waals surface area (Å²) in [4.78, 5) is 25.3. The highest BCUT2D eigenvalue weighted by Crippen LogP contribution is 1.93. The summed E-state index contributed by atoms with van der Waals surface area (Å²) in [5, 5.41) is 13.5. The van der Waals surface area contributed by atoms with E-state index in [-0.39, 0.29) is 19.0 Å². The van der Waals surface area contributed by atoms with Gasteiger partial charge in [-0.15, -0.1) is 0 Å². The standard InChI is InChI=1S/C11H18N4O3/c16-10(17)3-5-14-11(18)13-4-1-2-7-15-8-6-12-9-15/h6,8-9H,1-5,7H2,(H,16,17)(H2,13,14,18). The fourth-order valence-electron chi connectivity index (χ4n) is 1.39. The average molecular weight is 254 g/mol. The fourth-order valence-corrected chi connectivity index (χ4v) is 1.39. The van der Waals surface area contributed by atoms with Gasteiger partial charge in [0.05, 0.1) is 12.7 Å². The van der Waals surface area contributed by atoms with E-state index in [1.54, 1.807) is 12.5 Å². The van der Waals surface area contributed by atoms with Gasteiger partial charge < -0.3 is 20.3 Å². The van der Waals surface area contributed by atoms with Crippen molar-refractivity contribution in [2.75, 3.05) is 13.1 Å². The van der Waals surface area contributed by atoms with Crippen molar-refractivity contribution < 1.29 is 14.7 Å². The summed E-state index contributed by atoms with van der Waals surface area (Å²) in [6.45, 7) is 1.60. The Morgan fingerprint density at radius 2 is 2.00 bits per heavy atom. The van der Waals surface area contributed by atoms with Crippen LogP contribution in [0.5, 0.6) is 0 Å². The molecular formula is C11H18N4O3. The van der Waals surface area contributed by atoms with E-state index in [4.69, 9.17) is 5.11 Å². The SMILES string of the molecule is O=C(O)CCNC(=O)NCCCCn1ccnc1. The van der Waals surface area contributed by atoms with Crippen molar-refractivity contribution in [3.8, 4) is 0 Å². The zero-order valence-electron chi connectivity index (χ0n) is 10.1. The number of aromatic nitrogens is 2. The van der Waals surface area contributed by atoms with E-state index in [2.05, 4.69) is 15.6 Å². The monoisotopic (exact) mass is 254 g/mol. The zero-order chi connectivity index (χ0) is 13.2. The quantitative estimate of drug-likeness (QED) is 0.586. The van der Waals surface area contributed by atoms with Crippen LogP contribution in [0.3, 0.4) is 0 Å². The smallest absolute Gasteiger partial charge is 0.314 e. The highest BCUT2D eigenvalue weighted by molar-refractivity contribution is 5.74. The van der Waals surface area contributed by atoms with Crippen molar-refractivity contribution in [2.24, 2.45) is 0 Å². The number of carboxylic acids is 1. The molecule has 100 valence electrons. The van der Waals surface area contributed by atoms with Gasteiger partial charge >= 0.3 is 12.0 Å². The van der Waals surface area contributed by atoms with E-state index in [9.17, 15) is 9.59 Å². The molecule has 18 heavy (non-hydrogen) atoms. The van der Waals surface area contributed by atoms with Crippen molar-refractivity contribution in [3.05, 3.63) is 18.7 Å². The number of imidazole rings is 1. The number of nitrogens with one attached hydrogen (secondary N) is 2. The van der Waals surface area contributed by atoms with Gasteiger partial charge in [0.25, 0.3) is 0 Å². The summed E-state index contributed by atoms with van der Waals surface area (Å²) in [5.41, 5.74) is 0. The number of urea groups is 1. The number of nitrogens with zero attached hydrogens (tertiary/aromatic N) is 2. The molecule has 7 nitrogen and oxygen atoms in total. The molecule has 0 aliphatic heterocycles. The number of unbranched alkanes of at least 4 members (excludes halogenated alkanes) is 1. The molecule has 0 fully saturated rings. The second kappa shape index (κ2) is 8.10. The Morgan fingerprint density at radius 3 is 2.67 bits per heavy atom. The molecule has 1 heterocycles. The Morgan fingerprint density at radius 1 is 1.22 bits per heavy atom. The van der Waals surface area contributed by atoms with Crippen LogP contribution >= 0.6 is 0 Å². The van der Waals surface area contributed by atoms with Crippen LogP contribution in [-0.2, 0) is 11.3 Å². The molecule has 0 unspecified atom stereocenters. The molecular weight excluding hydrogens is 236 g/mol. The van der Waals surface area contributed by atoms with Crippen LogP contribution in [0.25, 0.3) is 0 Å². The third kappa shape index (κ3) is 6.51. The first kappa shape index (κ1) is 14.0. The summed E-state index contributed by atoms with van der Waals surface area (Å²) in [7, 11) is 0. The first-order valence-electron chi connectivity index (χ1n) is 5.87. The van der Waals surface area contributed by atoms with Gasteiger partial charge in [0.1, 0.15) is 0 Å². The second-order valence-corrected chi connectivity index (χ2v) is 3.83. The molecule has 3 N–H and O–H groups in total. The lowest BCUT2D eigenvalue weighted by molar-refractivity contribution is -0.136. The Hall–Kier alpha value is -2.05. The molecule has 0 radical (unpaired) electrons. The van der Waals surface area contributed by atoms with Crippen LogP contribution < -0.4 is 10.6 Å². The topological polar surface area (TPSA) is 96.3 Å². The van der Waals surface area contributed by atoms with Crippen LogP contribution in [0.4, 0.5) is 4.79 Å². The lowest BCUT2D eigenvalue weighted by Crippen LogP contribution is -2.37. The largest absolute Gasteiger partial charge is 0.481 e. The molecule has 1 aromatic rings. The van der Waals surface area contributed by atoms with Crippen molar-refractivity contribution in [2.45, 2.75) is 25.8 Å². The minimum absolute atomic E-state index is 0.0615. The zero-order valence-corrected chi connectivity index (χ0v) is 10.1. The van der Waals surface area contributed by atoms with Gasteiger partial charge in [-0.1, -0.05) is 0 Å². The Balaban J connectivity index is 1.94. The molecule has 0 saturated heterocycles. The lowest BCUT2D eigenvalue weighted by Gasteiger charge is -2.06. The predicted octanol–water partition coefficient (Wildman–Crippen LogP) is 0.437. The van der Waals surface area contributed by atoms with Gasteiger partial charge in [0.15, 0.2) is 0 Å². The Kier molecular flexibility index (Phi) is 6.31. The van der Waals surface area contributed by atoms with Crippen LogP contribution in [-0.4, -0.2) is 39.7 Å². The van der Waals surface area contributed by atoms with Crippen LogP contribution in [0, 0.1) is 0 Å². The van der Waals surface area contributed by atoms with Gasteiger partial charge in [-0.05, 0) is 12.8 Å². The number of rotatable bonds is 8. The van der Waals surface area contributed by atoms with Crippen LogP contribution in [0.2, 0.25) is 0 Å². The number of aliphatic carboxylic acids is 1. The number of hydrogen-bond donors (Lipinski definition) is 3. The molecule has 1 aromatic heterocycles. The highest BCUT2D eigenvalue weighted by Gasteiger charge is 2.01. The molecule has 0 aromatic carbocycles. The maximum atomic E-state index is 11.2. The molecule has 0 saturated carbocycles. The van der Waals surface area contributed by atoms with Gasteiger partial charge in [0, 0.05) is 32.0 Å². The average Bonchev–Trinajstić information content (AvgIpc) is 2.81. The van der Waals surface area contributed by atoms with E-state index in [0.29, 0.717) is 6.54 Å². The molecule has 0 aliphatic carbocycles. The number of aryl methyl sites for hydroxylation is 1. The summed E-state index contributed by atoms with van der Waals surface area (Å²) < 4.78 is 1.98. The Bertz CT molecular complexity index is 364. The van der Waals surface area contributed by atoms with Gasteiger partial charge in [-0.25, -0.2) is 9.78 Å². The molecule has 2 amide bonds. The Labute approximate surface area is 105 Å². The number of carbonyl (C=O) groups is 2. The molecule has 7 heteroatoms. The van der Waals surface area contributed by atoms with Crippen LogP contribution in [0.15, 0.2) is 18.7 Å². The maximum Gasteiger partial charge on any atom is 0.314 e. The highest BCUT2D eigenvalue weighted by atomic mass is 16.4. The first-order chi connectivity index (χ1) is 8.68. The third-order valence-electron chi connectivity index (χ3n) is 2.31. The molecule has 0 bridgehead atoms. The first-order valence-corrected chi connectivity index (χ1v) is 5.87. The van der Waals surface area contributed by atoms with E-state index < -0.39 is 5.97 Å². The molecule has 0 atom stereocenters.